The Morgan fingerprint density at radius 3 is 1.54 bits per heavy atom. The van der Waals surface area contributed by atoms with Gasteiger partial charge in [-0.1, -0.05) is 0 Å². The van der Waals surface area contributed by atoms with E-state index in [1.807, 2.05) is 0 Å². The molecular formula is C20H21Cl2HfSi. The van der Waals surface area contributed by atoms with Crippen LogP contribution in [0.25, 0.3) is 12.2 Å². The molecule has 0 saturated carbocycles. The van der Waals surface area contributed by atoms with Gasteiger partial charge in [0.1, 0.15) is 0 Å². The van der Waals surface area contributed by atoms with E-state index in [-0.39, 0.29) is 7.35 Å². The van der Waals surface area contributed by atoms with Gasteiger partial charge in [-0.2, -0.15) is 0 Å². The van der Waals surface area contributed by atoms with Gasteiger partial charge in [-0.05, 0) is 0 Å². The van der Waals surface area contributed by atoms with Gasteiger partial charge in [-0.15, -0.1) is 0 Å². The van der Waals surface area contributed by atoms with Gasteiger partial charge in [-0.25, -0.2) is 0 Å². The molecule has 2 aromatic rings. The molecule has 2 atom stereocenters. The van der Waals surface area contributed by atoms with Crippen LogP contribution in [0.4, 0.5) is 0 Å². The standard InChI is InChI=1S/2C10H9.2ClH.Hf.H3Si/c2*1-8-6-9-4-2-3-5-10(9)7-8;;;;/h2*2-7H,1H3;2*1H;;1H3/q;;;;+2;/p-2. The first-order valence-corrected chi connectivity index (χ1v) is 33.2. The van der Waals surface area contributed by atoms with Crippen molar-refractivity contribution in [3.63, 3.8) is 0 Å². The van der Waals surface area contributed by atoms with Crippen LogP contribution in [0.15, 0.2) is 59.7 Å². The normalized spacial score (nSPS) is 23.9. The first-order valence-electron chi connectivity index (χ1n) is 8.42. The van der Waals surface area contributed by atoms with Gasteiger partial charge in [0.25, 0.3) is 0 Å². The summed E-state index contributed by atoms with van der Waals surface area (Å²) in [5.74, 6) is 0. The predicted molar refractivity (Wildman–Crippen MR) is 107 cm³/mol. The number of benzene rings is 2. The SMILES string of the molecule is CC1=Cc2ccccc2[CH]1[Hf]([SiH3])([Cl])([Cl])[CH]1C(C)=Cc2ccccc21. The van der Waals surface area contributed by atoms with Crippen LogP contribution in [0.2, 0.25) is 0 Å². The molecule has 24 heavy (non-hydrogen) atoms. The number of allylic oxidation sites excluding steroid dienone is 2. The molecule has 0 N–H and O–H groups in total. The van der Waals surface area contributed by atoms with Crippen LogP contribution < -0.4 is 0 Å². The Morgan fingerprint density at radius 1 is 0.750 bits per heavy atom. The molecule has 0 fully saturated rings. The van der Waals surface area contributed by atoms with Crippen molar-refractivity contribution in [3.8, 4) is 0 Å². The summed E-state index contributed by atoms with van der Waals surface area (Å²) in [4.78, 5) is 0. The maximum atomic E-state index is 7.61. The molecule has 0 aromatic heterocycles. The molecule has 0 nitrogen and oxygen atoms in total. The molecule has 0 bridgehead atoms. The average molecular weight is 539 g/mol. The Morgan fingerprint density at radius 2 is 1.12 bits per heavy atom. The second kappa shape index (κ2) is 5.54. The van der Waals surface area contributed by atoms with E-state index >= 15 is 0 Å². The molecule has 4 heteroatoms. The van der Waals surface area contributed by atoms with Crippen LogP contribution >= 0.6 is 17.2 Å². The van der Waals surface area contributed by atoms with Crippen molar-refractivity contribution in [1.82, 2.24) is 0 Å². The topological polar surface area (TPSA) is 0 Å². The Labute approximate surface area is 154 Å². The summed E-state index contributed by atoms with van der Waals surface area (Å²) in [5, 5.41) is 0. The van der Waals surface area contributed by atoms with Crippen molar-refractivity contribution in [3.05, 3.63) is 81.9 Å². The number of fused-ring (bicyclic) bond motifs is 2. The fourth-order valence-electron chi connectivity index (χ4n) is 4.91. The van der Waals surface area contributed by atoms with Crippen molar-refractivity contribution in [1.29, 1.82) is 0 Å². The van der Waals surface area contributed by atoms with Crippen LogP contribution in [0, 0.1) is 0 Å². The zero-order valence-corrected chi connectivity index (χ0v) is 21.3. The molecule has 0 aliphatic heterocycles. The van der Waals surface area contributed by atoms with Crippen LogP contribution in [0.1, 0.15) is 43.5 Å². The van der Waals surface area contributed by atoms with E-state index in [1.165, 1.54) is 33.4 Å². The molecule has 0 radical (unpaired) electrons. The van der Waals surface area contributed by atoms with E-state index in [4.69, 9.17) is 17.2 Å². The summed E-state index contributed by atoms with van der Waals surface area (Å²) in [7, 11) is 16.1. The van der Waals surface area contributed by atoms with Gasteiger partial charge < -0.3 is 0 Å². The zero-order chi connectivity index (χ0) is 17.1. The molecule has 123 valence electrons. The minimum atomic E-state index is -4.23. The maximum absolute atomic E-state index is 7.61. The second-order valence-electron chi connectivity index (χ2n) is 7.53. The third-order valence-electron chi connectivity index (χ3n) is 5.64. The van der Waals surface area contributed by atoms with Crippen LogP contribution in [0.5, 0.6) is 0 Å². The van der Waals surface area contributed by atoms with E-state index < -0.39 is 15.3 Å². The minimum absolute atomic E-state index is 0.243. The molecule has 2 aliphatic rings. The van der Waals surface area contributed by atoms with E-state index in [0.717, 1.165) is 7.43 Å². The van der Waals surface area contributed by atoms with E-state index in [0.29, 0.717) is 0 Å². The van der Waals surface area contributed by atoms with Crippen LogP contribution in [-0.2, 0) is 15.3 Å². The number of hydrogen-bond donors (Lipinski definition) is 0. The van der Waals surface area contributed by atoms with Gasteiger partial charge in [0.05, 0.1) is 0 Å². The second-order valence-corrected chi connectivity index (χ2v) is 69.4. The van der Waals surface area contributed by atoms with Gasteiger partial charge >= 0.3 is 155 Å². The Kier molecular flexibility index (Phi) is 3.93. The third-order valence-corrected chi connectivity index (χ3v) is 37.4. The van der Waals surface area contributed by atoms with Gasteiger partial charge in [0.15, 0.2) is 0 Å². The third kappa shape index (κ3) is 2.41. The fourth-order valence-corrected chi connectivity index (χ4v) is 43.5. The molecular weight excluding hydrogens is 518 g/mol. The number of halogens is 2. The zero-order valence-electron chi connectivity index (χ0n) is 14.2. The molecule has 0 saturated heterocycles. The monoisotopic (exact) mass is 539 g/mol. The summed E-state index contributed by atoms with van der Waals surface area (Å²) >= 11 is -4.23. The first-order chi connectivity index (χ1) is 11.3. The Balaban J connectivity index is 1.91. The molecule has 0 heterocycles. The summed E-state index contributed by atoms with van der Waals surface area (Å²) in [6.45, 7) is 4.42. The molecule has 4 rings (SSSR count). The molecule has 0 amide bonds. The van der Waals surface area contributed by atoms with Crippen molar-refractivity contribution >= 4 is 36.7 Å². The first kappa shape index (κ1) is 17.0. The van der Waals surface area contributed by atoms with E-state index in [9.17, 15) is 0 Å². The van der Waals surface area contributed by atoms with Gasteiger partial charge in [-0.3, -0.25) is 0 Å². The average Bonchev–Trinajstić information content (AvgIpc) is 3.02. The van der Waals surface area contributed by atoms with E-state index in [1.54, 1.807) is 0 Å². The van der Waals surface area contributed by atoms with Crippen LogP contribution in [0.3, 0.4) is 0 Å². The quantitative estimate of drug-likeness (QED) is 0.438. The predicted octanol–water partition coefficient (Wildman–Crippen LogP) is 5.58. The van der Waals surface area contributed by atoms with Gasteiger partial charge in [0, 0.05) is 0 Å². The van der Waals surface area contributed by atoms with Gasteiger partial charge in [0.2, 0.25) is 0 Å². The molecule has 2 aliphatic carbocycles. The van der Waals surface area contributed by atoms with Crippen molar-refractivity contribution in [2.75, 3.05) is 0 Å². The molecule has 2 aromatic carbocycles. The fraction of sp³-hybridized carbons (Fsp3) is 0.200. The Hall–Kier alpha value is -0.413. The number of hydrogen-bond acceptors (Lipinski definition) is 0. The summed E-state index contributed by atoms with van der Waals surface area (Å²) < 4.78 is 0.486. The molecule has 0 spiro atoms. The van der Waals surface area contributed by atoms with E-state index in [2.05, 4.69) is 74.5 Å². The summed E-state index contributed by atoms with van der Waals surface area (Å²) in [5.41, 5.74) is 8.00. The molecule has 2 unspecified atom stereocenters. The van der Waals surface area contributed by atoms with Crippen molar-refractivity contribution in [2.45, 2.75) is 21.2 Å². The van der Waals surface area contributed by atoms with Crippen molar-refractivity contribution in [2.24, 2.45) is 0 Å². The number of rotatable bonds is 2. The van der Waals surface area contributed by atoms with Crippen LogP contribution in [-0.4, -0.2) is 7.43 Å². The summed E-state index contributed by atoms with van der Waals surface area (Å²) in [6, 6.07) is 17.3. The summed E-state index contributed by atoms with van der Waals surface area (Å²) in [6.07, 6.45) is 4.58. The van der Waals surface area contributed by atoms with Crippen molar-refractivity contribution < 1.29 is 15.3 Å². The Bertz CT molecular complexity index is 834.